The van der Waals surface area contributed by atoms with Gasteiger partial charge in [-0.25, -0.2) is 8.42 Å². The third-order valence-corrected chi connectivity index (χ3v) is 5.01. The van der Waals surface area contributed by atoms with Gasteiger partial charge < -0.3 is 19.7 Å². The molecule has 0 radical (unpaired) electrons. The van der Waals surface area contributed by atoms with Gasteiger partial charge in [-0.05, 0) is 24.3 Å². The Balaban J connectivity index is 0.00000338. The molecular formula is C16H19KN2O6S. The predicted octanol–water partition coefficient (Wildman–Crippen LogP) is 1.94. The predicted molar refractivity (Wildman–Crippen MR) is 98.1 cm³/mol. The first-order chi connectivity index (χ1) is 11.9. The fourth-order valence-electron chi connectivity index (χ4n) is 2.01. The van der Waals surface area contributed by atoms with Gasteiger partial charge in [0.15, 0.2) is 21.3 Å². The molecule has 2 aromatic rings. The number of hydrogen-bond acceptors (Lipinski definition) is 8. The van der Waals surface area contributed by atoms with Crippen molar-refractivity contribution in [3.63, 3.8) is 0 Å². The Morgan fingerprint density at radius 2 is 1.46 bits per heavy atom. The quantitative estimate of drug-likeness (QED) is 0.536. The molecule has 0 heterocycles. The number of benzene rings is 2. The molecule has 8 nitrogen and oxygen atoms in total. The summed E-state index contributed by atoms with van der Waals surface area (Å²) < 4.78 is 33.7. The second-order valence-electron chi connectivity index (χ2n) is 4.94. The summed E-state index contributed by atoms with van der Waals surface area (Å²) in [6.45, 7) is -0.436. The van der Waals surface area contributed by atoms with E-state index in [0.717, 1.165) is 0 Å². The minimum atomic E-state index is -3.50. The molecule has 136 valence electrons. The molecule has 2 rings (SSSR count). The van der Waals surface area contributed by atoms with Crippen molar-refractivity contribution in [1.82, 2.24) is 0 Å². The summed E-state index contributed by atoms with van der Waals surface area (Å²) in [5, 5.41) is 26.7. The molecule has 0 aliphatic rings. The van der Waals surface area contributed by atoms with Crippen LogP contribution < -0.4 is 9.47 Å². The first kappa shape index (κ1) is 23.0. The average Bonchev–Trinajstić information content (AvgIpc) is 2.61. The maximum absolute atomic E-state index is 11.8. The summed E-state index contributed by atoms with van der Waals surface area (Å²) in [7, 11) is -0.693. The normalized spacial score (nSPS) is 11.2. The second kappa shape index (κ2) is 10.4. The molecule has 0 saturated carbocycles. The zero-order valence-electron chi connectivity index (χ0n) is 13.7. The second-order valence-corrected chi connectivity index (χ2v) is 7.04. The Hall–Kier alpha value is -1.01. The fourth-order valence-corrected chi connectivity index (χ4v) is 3.04. The van der Waals surface area contributed by atoms with E-state index in [1.165, 1.54) is 50.6 Å². The van der Waals surface area contributed by atoms with Crippen molar-refractivity contribution in [3.8, 4) is 17.2 Å². The van der Waals surface area contributed by atoms with Crippen molar-refractivity contribution in [3.05, 3.63) is 36.4 Å². The van der Waals surface area contributed by atoms with Gasteiger partial charge in [-0.1, -0.05) is 0 Å². The van der Waals surface area contributed by atoms with Gasteiger partial charge >= 0.3 is 51.4 Å². The maximum atomic E-state index is 11.8. The van der Waals surface area contributed by atoms with Crippen molar-refractivity contribution in [2.24, 2.45) is 10.2 Å². The number of aromatic hydroxyl groups is 1. The molecule has 26 heavy (non-hydrogen) atoms. The van der Waals surface area contributed by atoms with Crippen molar-refractivity contribution in [2.75, 3.05) is 26.6 Å². The third kappa shape index (κ3) is 5.74. The minimum absolute atomic E-state index is 0. The Labute approximate surface area is 194 Å². The first-order valence-electron chi connectivity index (χ1n) is 7.21. The zero-order valence-corrected chi connectivity index (χ0v) is 14.5. The molecule has 2 N–H and O–H groups in total. The Bertz CT molecular complexity index is 844. The average molecular weight is 407 g/mol. The van der Waals surface area contributed by atoms with E-state index in [1.54, 1.807) is 0 Å². The number of aliphatic hydroxyl groups is 1. The molecule has 0 aromatic heterocycles. The molecule has 0 atom stereocenters. The number of rotatable bonds is 7. The number of aliphatic hydroxyl groups excluding tert-OH is 1. The first-order valence-corrected chi connectivity index (χ1v) is 8.87. The molecule has 0 aliphatic heterocycles. The van der Waals surface area contributed by atoms with Crippen LogP contribution in [-0.4, -0.2) is 96.6 Å². The molecular weight excluding hydrogens is 387 g/mol. The molecule has 0 aliphatic carbocycles. The Morgan fingerprint density at radius 3 is 1.92 bits per heavy atom. The molecule has 2 aromatic carbocycles. The number of phenols is 1. The Kier molecular flexibility index (Phi) is 9.17. The van der Waals surface area contributed by atoms with Gasteiger partial charge in [0.05, 0.1) is 42.8 Å². The van der Waals surface area contributed by atoms with Crippen molar-refractivity contribution < 1.29 is 28.1 Å². The number of nitrogens with zero attached hydrogens (tertiary/aromatic N) is 2. The van der Waals surface area contributed by atoms with Gasteiger partial charge in [0.25, 0.3) is 0 Å². The summed E-state index contributed by atoms with van der Waals surface area (Å²) in [6.07, 6.45) is 0. The SMILES string of the molecule is COc1cc(/N=N/c2ccc(S(=O)(=O)CCO)cc2)cc(OC)c1O.[KH]. The van der Waals surface area contributed by atoms with Gasteiger partial charge in [-0.3, -0.25) is 0 Å². The third-order valence-electron chi connectivity index (χ3n) is 3.30. The van der Waals surface area contributed by atoms with Crippen LogP contribution in [0.25, 0.3) is 0 Å². The van der Waals surface area contributed by atoms with E-state index in [0.29, 0.717) is 11.4 Å². The van der Waals surface area contributed by atoms with Gasteiger partial charge in [0.2, 0.25) is 5.75 Å². The molecule has 10 heteroatoms. The number of hydrogen-bond donors (Lipinski definition) is 2. The van der Waals surface area contributed by atoms with E-state index < -0.39 is 16.4 Å². The molecule has 0 bridgehead atoms. The summed E-state index contributed by atoms with van der Waals surface area (Å²) in [5.74, 6) is -0.0825. The molecule has 0 amide bonds. The summed E-state index contributed by atoms with van der Waals surface area (Å²) in [4.78, 5) is 0.105. The van der Waals surface area contributed by atoms with Gasteiger partial charge in [-0.2, -0.15) is 10.2 Å². The number of phenolic OH excluding ortho intramolecular Hbond substituents is 1. The van der Waals surface area contributed by atoms with Crippen LogP contribution in [0.3, 0.4) is 0 Å². The van der Waals surface area contributed by atoms with Crippen LogP contribution in [-0.2, 0) is 9.84 Å². The zero-order chi connectivity index (χ0) is 18.4. The van der Waals surface area contributed by atoms with E-state index in [9.17, 15) is 13.5 Å². The van der Waals surface area contributed by atoms with Gasteiger partial charge in [0.1, 0.15) is 0 Å². The standard InChI is InChI=1S/C16H18N2O6S.K.H/c1-23-14-9-12(10-15(24-2)16(14)20)18-17-11-3-5-13(6-4-11)25(21,22)8-7-19;;/h3-6,9-10,19-20H,7-8H2,1-2H3;;/b18-17+;;. The van der Waals surface area contributed by atoms with Crippen molar-refractivity contribution in [2.45, 2.75) is 4.90 Å². The number of ether oxygens (including phenoxy) is 2. The monoisotopic (exact) mass is 406 g/mol. The van der Waals surface area contributed by atoms with Crippen LogP contribution in [0, 0.1) is 0 Å². The molecule has 0 saturated heterocycles. The van der Waals surface area contributed by atoms with E-state index in [4.69, 9.17) is 14.6 Å². The van der Waals surface area contributed by atoms with Gasteiger partial charge in [-0.15, -0.1) is 0 Å². The number of azo groups is 1. The summed E-state index contributed by atoms with van der Waals surface area (Å²) in [5.41, 5.74) is 0.831. The van der Waals surface area contributed by atoms with Crippen LogP contribution in [0.15, 0.2) is 51.5 Å². The van der Waals surface area contributed by atoms with Crippen molar-refractivity contribution >= 4 is 72.6 Å². The topological polar surface area (TPSA) is 118 Å². The molecule has 0 unspecified atom stereocenters. The number of methoxy groups -OCH3 is 2. The Morgan fingerprint density at radius 1 is 0.962 bits per heavy atom. The van der Waals surface area contributed by atoms with Gasteiger partial charge in [0, 0.05) is 12.1 Å². The van der Waals surface area contributed by atoms with E-state index in [-0.39, 0.29) is 79.3 Å². The van der Waals surface area contributed by atoms with E-state index in [2.05, 4.69) is 10.2 Å². The fraction of sp³-hybridized carbons (Fsp3) is 0.250. The molecule has 0 spiro atoms. The molecule has 0 fully saturated rings. The summed E-state index contributed by atoms with van der Waals surface area (Å²) in [6, 6.07) is 8.78. The van der Waals surface area contributed by atoms with E-state index in [1.807, 2.05) is 0 Å². The van der Waals surface area contributed by atoms with Crippen LogP contribution >= 0.6 is 0 Å². The number of sulfone groups is 1. The van der Waals surface area contributed by atoms with Crippen molar-refractivity contribution in [1.29, 1.82) is 0 Å². The van der Waals surface area contributed by atoms with Crippen LogP contribution in [0.1, 0.15) is 0 Å². The summed E-state index contributed by atoms with van der Waals surface area (Å²) >= 11 is 0. The van der Waals surface area contributed by atoms with Crippen LogP contribution in [0.2, 0.25) is 0 Å². The van der Waals surface area contributed by atoms with Crippen LogP contribution in [0.5, 0.6) is 17.2 Å². The van der Waals surface area contributed by atoms with Crippen LogP contribution in [0.4, 0.5) is 11.4 Å². The van der Waals surface area contributed by atoms with E-state index >= 15 is 0 Å².